The van der Waals surface area contributed by atoms with Crippen LogP contribution in [0, 0.1) is 5.92 Å². The number of benzene rings is 3. The molecular formula is C28H27ClN4O3. The highest BCUT2D eigenvalue weighted by Crippen LogP contribution is 2.28. The van der Waals surface area contributed by atoms with Crippen molar-refractivity contribution in [2.45, 2.75) is 6.42 Å². The molecule has 3 amide bonds. The SMILES string of the molecule is O=C(Nc1ccccc1C(=O)N1CCN(c2ccccc2)CC1)C1CC(=O)N(c2ccc(Cl)cc2)C1. The van der Waals surface area contributed by atoms with Gasteiger partial charge in [0, 0.05) is 55.5 Å². The van der Waals surface area contributed by atoms with Crippen molar-refractivity contribution in [1.29, 1.82) is 0 Å². The fourth-order valence-electron chi connectivity index (χ4n) is 4.74. The summed E-state index contributed by atoms with van der Waals surface area (Å²) < 4.78 is 0. The molecule has 2 heterocycles. The molecule has 0 aliphatic carbocycles. The summed E-state index contributed by atoms with van der Waals surface area (Å²) in [5, 5.41) is 3.50. The van der Waals surface area contributed by atoms with Gasteiger partial charge in [0.2, 0.25) is 11.8 Å². The second-order valence-electron chi connectivity index (χ2n) is 9.03. The van der Waals surface area contributed by atoms with E-state index in [2.05, 4.69) is 22.3 Å². The number of halogens is 1. The van der Waals surface area contributed by atoms with Crippen molar-refractivity contribution in [2.24, 2.45) is 5.92 Å². The standard InChI is InChI=1S/C28H27ClN4O3/c29-21-10-12-23(13-11-21)33-19-20(18-26(33)34)27(35)30-25-9-5-4-8-24(25)28(36)32-16-14-31(15-17-32)22-6-2-1-3-7-22/h1-13,20H,14-19H2,(H,30,35). The summed E-state index contributed by atoms with van der Waals surface area (Å²) in [5.41, 5.74) is 2.79. The van der Waals surface area contributed by atoms with Gasteiger partial charge in [-0.05, 0) is 48.5 Å². The molecule has 184 valence electrons. The van der Waals surface area contributed by atoms with Crippen LogP contribution < -0.4 is 15.1 Å². The lowest BCUT2D eigenvalue weighted by Crippen LogP contribution is -2.49. The third-order valence-electron chi connectivity index (χ3n) is 6.74. The van der Waals surface area contributed by atoms with Crippen molar-refractivity contribution in [3.05, 3.63) is 89.4 Å². The molecule has 0 spiro atoms. The minimum Gasteiger partial charge on any atom is -0.368 e. The van der Waals surface area contributed by atoms with Crippen LogP contribution in [-0.2, 0) is 9.59 Å². The van der Waals surface area contributed by atoms with E-state index in [0.29, 0.717) is 35.1 Å². The van der Waals surface area contributed by atoms with Crippen LogP contribution in [0.1, 0.15) is 16.8 Å². The van der Waals surface area contributed by atoms with Crippen molar-refractivity contribution in [2.75, 3.05) is 47.8 Å². The molecule has 1 atom stereocenters. The Balaban J connectivity index is 1.23. The molecule has 2 saturated heterocycles. The number of anilines is 3. The number of nitrogens with one attached hydrogen (secondary N) is 1. The van der Waals surface area contributed by atoms with Crippen LogP contribution in [0.25, 0.3) is 0 Å². The van der Waals surface area contributed by atoms with E-state index in [1.807, 2.05) is 23.1 Å². The average molecular weight is 503 g/mol. The van der Waals surface area contributed by atoms with Crippen LogP contribution in [0.4, 0.5) is 17.1 Å². The molecule has 0 bridgehead atoms. The monoisotopic (exact) mass is 502 g/mol. The first-order valence-electron chi connectivity index (χ1n) is 12.0. The highest BCUT2D eigenvalue weighted by Gasteiger charge is 2.35. The van der Waals surface area contributed by atoms with E-state index in [1.165, 1.54) is 0 Å². The highest BCUT2D eigenvalue weighted by molar-refractivity contribution is 6.30. The Hall–Kier alpha value is -3.84. The van der Waals surface area contributed by atoms with Gasteiger partial charge in [-0.3, -0.25) is 14.4 Å². The van der Waals surface area contributed by atoms with Gasteiger partial charge in [0.25, 0.3) is 5.91 Å². The molecule has 2 fully saturated rings. The van der Waals surface area contributed by atoms with Gasteiger partial charge >= 0.3 is 0 Å². The van der Waals surface area contributed by atoms with E-state index in [-0.39, 0.29) is 30.7 Å². The molecule has 0 aromatic heterocycles. The lowest BCUT2D eigenvalue weighted by atomic mass is 10.1. The van der Waals surface area contributed by atoms with Gasteiger partial charge in [-0.25, -0.2) is 0 Å². The van der Waals surface area contributed by atoms with Crippen LogP contribution in [0.3, 0.4) is 0 Å². The second-order valence-corrected chi connectivity index (χ2v) is 9.47. The first-order valence-corrected chi connectivity index (χ1v) is 12.4. The Morgan fingerprint density at radius 2 is 1.47 bits per heavy atom. The number of rotatable bonds is 5. The maximum absolute atomic E-state index is 13.4. The maximum atomic E-state index is 13.4. The summed E-state index contributed by atoms with van der Waals surface area (Å²) in [6.45, 7) is 2.97. The van der Waals surface area contributed by atoms with Crippen LogP contribution in [0.15, 0.2) is 78.9 Å². The molecule has 1 N–H and O–H groups in total. The molecular weight excluding hydrogens is 476 g/mol. The van der Waals surface area contributed by atoms with Crippen molar-refractivity contribution in [1.82, 2.24) is 4.90 Å². The van der Waals surface area contributed by atoms with E-state index in [0.717, 1.165) is 18.8 Å². The second kappa shape index (κ2) is 10.4. The Morgan fingerprint density at radius 3 is 2.19 bits per heavy atom. The molecule has 2 aliphatic rings. The fraction of sp³-hybridized carbons (Fsp3) is 0.250. The molecule has 36 heavy (non-hydrogen) atoms. The summed E-state index contributed by atoms with van der Waals surface area (Å²) in [7, 11) is 0. The molecule has 7 nitrogen and oxygen atoms in total. The number of para-hydroxylation sites is 2. The molecule has 0 saturated carbocycles. The number of carbonyl (C=O) groups is 3. The van der Waals surface area contributed by atoms with Crippen molar-refractivity contribution >= 4 is 46.4 Å². The minimum absolute atomic E-state index is 0.107. The molecule has 5 rings (SSSR count). The van der Waals surface area contributed by atoms with Crippen LogP contribution in [-0.4, -0.2) is 55.3 Å². The lowest BCUT2D eigenvalue weighted by molar-refractivity contribution is -0.122. The predicted octanol–water partition coefficient (Wildman–Crippen LogP) is 4.29. The topological polar surface area (TPSA) is 73.0 Å². The van der Waals surface area contributed by atoms with E-state index in [1.54, 1.807) is 53.4 Å². The first-order chi connectivity index (χ1) is 17.5. The van der Waals surface area contributed by atoms with Gasteiger partial charge in [0.1, 0.15) is 0 Å². The van der Waals surface area contributed by atoms with Crippen molar-refractivity contribution < 1.29 is 14.4 Å². The van der Waals surface area contributed by atoms with Gasteiger partial charge in [0.15, 0.2) is 0 Å². The van der Waals surface area contributed by atoms with Crippen molar-refractivity contribution in [3.8, 4) is 0 Å². The van der Waals surface area contributed by atoms with Crippen LogP contribution in [0.5, 0.6) is 0 Å². The van der Waals surface area contributed by atoms with Crippen molar-refractivity contribution in [3.63, 3.8) is 0 Å². The fourth-order valence-corrected chi connectivity index (χ4v) is 4.87. The Bertz CT molecular complexity index is 1260. The Labute approximate surface area is 215 Å². The van der Waals surface area contributed by atoms with Gasteiger partial charge in [-0.1, -0.05) is 41.9 Å². The van der Waals surface area contributed by atoms with Gasteiger partial charge in [-0.15, -0.1) is 0 Å². The largest absolute Gasteiger partial charge is 0.368 e. The number of amides is 3. The molecule has 8 heteroatoms. The lowest BCUT2D eigenvalue weighted by Gasteiger charge is -2.36. The van der Waals surface area contributed by atoms with Crippen LogP contribution in [0.2, 0.25) is 5.02 Å². The van der Waals surface area contributed by atoms with E-state index in [9.17, 15) is 14.4 Å². The van der Waals surface area contributed by atoms with Crippen LogP contribution >= 0.6 is 11.6 Å². The quantitative estimate of drug-likeness (QED) is 0.565. The number of hydrogen-bond acceptors (Lipinski definition) is 4. The number of carbonyl (C=O) groups excluding carboxylic acids is 3. The summed E-state index contributed by atoms with van der Waals surface area (Å²) in [4.78, 5) is 44.7. The van der Waals surface area contributed by atoms with Gasteiger partial charge < -0.3 is 20.0 Å². The normalized spacial score (nSPS) is 17.9. The molecule has 3 aromatic rings. The zero-order chi connectivity index (χ0) is 25.1. The zero-order valence-electron chi connectivity index (χ0n) is 19.8. The molecule has 2 aliphatic heterocycles. The molecule has 3 aromatic carbocycles. The smallest absolute Gasteiger partial charge is 0.256 e. The third kappa shape index (κ3) is 5.06. The summed E-state index contributed by atoms with van der Waals surface area (Å²) in [6.07, 6.45) is 0.117. The number of hydrogen-bond donors (Lipinski definition) is 1. The zero-order valence-corrected chi connectivity index (χ0v) is 20.5. The summed E-state index contributed by atoms with van der Waals surface area (Å²) in [5.74, 6) is -0.998. The number of piperazine rings is 1. The van der Waals surface area contributed by atoms with E-state index in [4.69, 9.17) is 11.6 Å². The average Bonchev–Trinajstić information content (AvgIpc) is 3.31. The molecule has 1 unspecified atom stereocenters. The van der Waals surface area contributed by atoms with Gasteiger partial charge in [0.05, 0.1) is 17.2 Å². The van der Waals surface area contributed by atoms with Gasteiger partial charge in [-0.2, -0.15) is 0 Å². The predicted molar refractivity (Wildman–Crippen MR) is 142 cm³/mol. The summed E-state index contributed by atoms with van der Waals surface area (Å²) >= 11 is 5.95. The summed E-state index contributed by atoms with van der Waals surface area (Å²) in [6, 6.07) is 24.2. The third-order valence-corrected chi connectivity index (χ3v) is 6.99. The van der Waals surface area contributed by atoms with E-state index >= 15 is 0 Å². The first kappa shape index (κ1) is 23.9. The molecule has 0 radical (unpaired) electrons. The minimum atomic E-state index is -0.509. The Kier molecular flexibility index (Phi) is 6.91. The Morgan fingerprint density at radius 1 is 0.806 bits per heavy atom. The number of nitrogens with zero attached hydrogens (tertiary/aromatic N) is 3. The highest BCUT2D eigenvalue weighted by atomic mass is 35.5. The van der Waals surface area contributed by atoms with E-state index < -0.39 is 5.92 Å². The maximum Gasteiger partial charge on any atom is 0.256 e.